The number of hydrogen-bond donors (Lipinski definition) is 2. The zero-order valence-corrected chi connectivity index (χ0v) is 19.8. The third-order valence-corrected chi connectivity index (χ3v) is 6.06. The van der Waals surface area contributed by atoms with Crippen LogP contribution in [0.3, 0.4) is 0 Å². The van der Waals surface area contributed by atoms with Crippen molar-refractivity contribution < 1.29 is 9.53 Å². The fourth-order valence-corrected chi connectivity index (χ4v) is 4.06. The van der Waals surface area contributed by atoms with Crippen molar-refractivity contribution in [2.45, 2.75) is 26.8 Å². The first-order chi connectivity index (χ1) is 17.1. The van der Waals surface area contributed by atoms with E-state index < -0.39 is 0 Å². The Morgan fingerprint density at radius 3 is 2.86 bits per heavy atom. The van der Waals surface area contributed by atoms with Crippen LogP contribution < -0.4 is 15.4 Å². The van der Waals surface area contributed by atoms with E-state index in [9.17, 15) is 4.79 Å². The van der Waals surface area contributed by atoms with Crippen LogP contribution in [-0.4, -0.2) is 28.1 Å². The molecule has 0 fully saturated rings. The van der Waals surface area contributed by atoms with Gasteiger partial charge >= 0.3 is 0 Å². The Morgan fingerprint density at radius 2 is 2.00 bits per heavy atom. The summed E-state index contributed by atoms with van der Waals surface area (Å²) in [5.41, 5.74) is 5.82. The molecular formula is C28H27N5O2. The van der Waals surface area contributed by atoms with Crippen molar-refractivity contribution >= 4 is 23.5 Å². The van der Waals surface area contributed by atoms with Crippen molar-refractivity contribution in [3.8, 4) is 11.5 Å². The number of dihydropyridines is 1. The van der Waals surface area contributed by atoms with E-state index in [0.29, 0.717) is 29.4 Å². The number of pyridine rings is 2. The van der Waals surface area contributed by atoms with E-state index in [-0.39, 0.29) is 5.91 Å². The molecule has 0 unspecified atom stereocenters. The molecule has 0 radical (unpaired) electrons. The lowest BCUT2D eigenvalue weighted by atomic mass is 10.1. The second-order valence-electron chi connectivity index (χ2n) is 8.54. The number of nitrogens with zero attached hydrogens (tertiary/aromatic N) is 3. The van der Waals surface area contributed by atoms with Gasteiger partial charge < -0.3 is 19.8 Å². The summed E-state index contributed by atoms with van der Waals surface area (Å²) >= 11 is 0. The van der Waals surface area contributed by atoms with Gasteiger partial charge in [-0.15, -0.1) is 0 Å². The second-order valence-corrected chi connectivity index (χ2v) is 8.54. The first-order valence-electron chi connectivity index (χ1n) is 11.6. The topological polar surface area (TPSA) is 80.0 Å². The van der Waals surface area contributed by atoms with Gasteiger partial charge in [-0.1, -0.05) is 6.07 Å². The number of benzene rings is 1. The summed E-state index contributed by atoms with van der Waals surface area (Å²) in [6.45, 7) is 5.19. The summed E-state index contributed by atoms with van der Waals surface area (Å²) in [5, 5.41) is 6.35. The molecule has 0 atom stereocenters. The molecule has 7 heteroatoms. The maximum absolute atomic E-state index is 13.0. The monoisotopic (exact) mass is 465 g/mol. The van der Waals surface area contributed by atoms with Crippen LogP contribution in [0.25, 0.3) is 5.52 Å². The summed E-state index contributed by atoms with van der Waals surface area (Å²) in [6.07, 6.45) is 10.3. The summed E-state index contributed by atoms with van der Waals surface area (Å²) in [5.74, 6) is 1.84. The number of hydrogen-bond acceptors (Lipinski definition) is 5. The molecule has 0 spiro atoms. The number of anilines is 1. The number of aryl methyl sites for hydroxylation is 1. The van der Waals surface area contributed by atoms with Crippen LogP contribution in [0.2, 0.25) is 0 Å². The first kappa shape index (κ1) is 22.4. The first-order valence-corrected chi connectivity index (χ1v) is 11.6. The van der Waals surface area contributed by atoms with Crippen LogP contribution in [0.5, 0.6) is 11.5 Å². The van der Waals surface area contributed by atoms with Crippen LogP contribution in [0.4, 0.5) is 5.82 Å². The quantitative estimate of drug-likeness (QED) is 0.381. The molecule has 5 rings (SSSR count). The summed E-state index contributed by atoms with van der Waals surface area (Å²) in [6, 6.07) is 15.4. The van der Waals surface area contributed by atoms with Gasteiger partial charge in [-0.2, -0.15) is 0 Å². The van der Waals surface area contributed by atoms with Crippen LogP contribution in [0.15, 0.2) is 83.9 Å². The number of fused-ring (bicyclic) bond motifs is 1. The van der Waals surface area contributed by atoms with Crippen LogP contribution in [0, 0.1) is 13.8 Å². The van der Waals surface area contributed by atoms with E-state index in [1.807, 2.05) is 55.7 Å². The number of amides is 1. The Balaban J connectivity index is 1.27. The molecule has 4 aromatic rings. The van der Waals surface area contributed by atoms with Crippen molar-refractivity contribution in [1.29, 1.82) is 0 Å². The Kier molecular flexibility index (Phi) is 6.30. The Morgan fingerprint density at radius 1 is 1.11 bits per heavy atom. The largest absolute Gasteiger partial charge is 0.457 e. The van der Waals surface area contributed by atoms with Crippen LogP contribution >= 0.6 is 0 Å². The molecule has 0 bridgehead atoms. The summed E-state index contributed by atoms with van der Waals surface area (Å²) in [7, 11) is 0. The number of carbonyl (C=O) groups is 1. The van der Waals surface area contributed by atoms with Gasteiger partial charge in [0, 0.05) is 72.7 Å². The minimum atomic E-state index is -0.136. The van der Waals surface area contributed by atoms with Gasteiger partial charge in [0.15, 0.2) is 0 Å². The molecule has 0 saturated heterocycles. The SMILES string of the molecule is Cc1c(Oc2ccnc(NC3=CC=NCC3)c2)cccc1C(=O)NCc1ccn2ccc(C)c2c1. The lowest BCUT2D eigenvalue weighted by Gasteiger charge is -2.14. The molecule has 1 aliphatic rings. The highest BCUT2D eigenvalue weighted by Gasteiger charge is 2.14. The van der Waals surface area contributed by atoms with Crippen LogP contribution in [-0.2, 0) is 6.54 Å². The third-order valence-electron chi connectivity index (χ3n) is 6.06. The van der Waals surface area contributed by atoms with Crippen molar-refractivity contribution in [3.63, 3.8) is 0 Å². The van der Waals surface area contributed by atoms with Crippen molar-refractivity contribution in [3.05, 3.63) is 101 Å². The number of nitrogens with one attached hydrogen (secondary N) is 2. The number of ether oxygens (including phenoxy) is 1. The molecule has 0 aliphatic carbocycles. The lowest BCUT2D eigenvalue weighted by molar-refractivity contribution is 0.0950. The number of aliphatic imine (C=N–C) groups is 1. The highest BCUT2D eigenvalue weighted by Crippen LogP contribution is 2.28. The van der Waals surface area contributed by atoms with Gasteiger partial charge in [0.05, 0.1) is 0 Å². The molecule has 3 aromatic heterocycles. The molecular weight excluding hydrogens is 438 g/mol. The average Bonchev–Trinajstić information content (AvgIpc) is 3.25. The number of rotatable bonds is 7. The zero-order valence-electron chi connectivity index (χ0n) is 19.8. The van der Waals surface area contributed by atoms with E-state index in [4.69, 9.17) is 4.74 Å². The van der Waals surface area contributed by atoms with Gasteiger partial charge in [-0.25, -0.2) is 4.98 Å². The van der Waals surface area contributed by atoms with Gasteiger partial charge in [0.25, 0.3) is 5.91 Å². The molecule has 2 N–H and O–H groups in total. The van der Waals surface area contributed by atoms with Crippen molar-refractivity contribution in [2.75, 3.05) is 11.9 Å². The fourth-order valence-electron chi connectivity index (χ4n) is 4.06. The van der Waals surface area contributed by atoms with E-state index >= 15 is 0 Å². The van der Waals surface area contributed by atoms with Gasteiger partial charge in [0.2, 0.25) is 0 Å². The maximum atomic E-state index is 13.0. The maximum Gasteiger partial charge on any atom is 0.251 e. The fraction of sp³-hybridized carbons (Fsp3) is 0.179. The minimum absolute atomic E-state index is 0.136. The van der Waals surface area contributed by atoms with Crippen LogP contribution in [0.1, 0.15) is 33.5 Å². The summed E-state index contributed by atoms with van der Waals surface area (Å²) in [4.78, 5) is 21.6. The molecule has 1 aliphatic heterocycles. The molecule has 1 amide bonds. The van der Waals surface area contributed by atoms with Crippen molar-refractivity contribution in [1.82, 2.24) is 14.7 Å². The zero-order chi connectivity index (χ0) is 24.2. The molecule has 1 aromatic carbocycles. The number of carbonyl (C=O) groups excluding carboxylic acids is 1. The molecule has 176 valence electrons. The van der Waals surface area contributed by atoms with E-state index in [2.05, 4.69) is 44.1 Å². The predicted molar refractivity (Wildman–Crippen MR) is 138 cm³/mol. The smallest absolute Gasteiger partial charge is 0.251 e. The standard InChI is InChI=1S/C28H27N5O2/c1-19-9-14-33-15-10-21(16-25(19)33)18-31-28(34)24-4-3-5-26(20(24)2)35-23-8-13-30-27(17-23)32-22-6-11-29-12-7-22/h3-6,8-11,13-17H,7,12,18H2,1-2H3,(H,30,32)(H,31,34). The predicted octanol–water partition coefficient (Wildman–Crippen LogP) is 5.44. The summed E-state index contributed by atoms with van der Waals surface area (Å²) < 4.78 is 8.21. The highest BCUT2D eigenvalue weighted by atomic mass is 16.5. The van der Waals surface area contributed by atoms with E-state index in [0.717, 1.165) is 35.3 Å². The third kappa shape index (κ3) is 5.09. The Hall–Kier alpha value is -4.39. The van der Waals surface area contributed by atoms with E-state index in [1.54, 1.807) is 18.5 Å². The Labute approximate surface area is 204 Å². The van der Waals surface area contributed by atoms with Crippen molar-refractivity contribution in [2.24, 2.45) is 4.99 Å². The Bertz CT molecular complexity index is 1450. The second kappa shape index (κ2) is 9.85. The number of aromatic nitrogens is 2. The van der Waals surface area contributed by atoms with E-state index in [1.165, 1.54) is 5.56 Å². The normalized spacial score (nSPS) is 12.9. The highest BCUT2D eigenvalue weighted by molar-refractivity contribution is 5.96. The molecule has 4 heterocycles. The van der Waals surface area contributed by atoms with Gasteiger partial charge in [-0.3, -0.25) is 9.79 Å². The molecule has 35 heavy (non-hydrogen) atoms. The lowest BCUT2D eigenvalue weighted by Crippen LogP contribution is -2.23. The minimum Gasteiger partial charge on any atom is -0.457 e. The van der Waals surface area contributed by atoms with Gasteiger partial charge in [0.1, 0.15) is 17.3 Å². The average molecular weight is 466 g/mol. The molecule has 0 saturated carbocycles. The molecule has 7 nitrogen and oxygen atoms in total. The number of allylic oxidation sites excluding steroid dienone is 1. The van der Waals surface area contributed by atoms with Gasteiger partial charge in [-0.05, 0) is 67.4 Å².